The number of nitrogens with one attached hydrogen (secondary N) is 1. The SMILES string of the molecule is O=C1NCCCN1CC1CCN(Cc2ccccc2)CC1. The summed E-state index contributed by atoms with van der Waals surface area (Å²) in [6.45, 7) is 6.05. The summed E-state index contributed by atoms with van der Waals surface area (Å²) in [5.41, 5.74) is 1.39. The van der Waals surface area contributed by atoms with Crippen molar-refractivity contribution < 1.29 is 4.79 Å². The fourth-order valence-electron chi connectivity index (χ4n) is 3.33. The van der Waals surface area contributed by atoms with Crippen molar-refractivity contribution in [2.45, 2.75) is 25.8 Å². The zero-order valence-electron chi connectivity index (χ0n) is 12.6. The number of piperidine rings is 1. The first-order valence-electron chi connectivity index (χ1n) is 8.10. The maximum atomic E-state index is 11.8. The van der Waals surface area contributed by atoms with E-state index in [0.717, 1.165) is 45.7 Å². The second-order valence-electron chi connectivity index (χ2n) is 6.24. The zero-order valence-corrected chi connectivity index (χ0v) is 12.6. The number of benzene rings is 1. The van der Waals surface area contributed by atoms with E-state index in [0.29, 0.717) is 5.92 Å². The second-order valence-corrected chi connectivity index (χ2v) is 6.24. The molecule has 0 atom stereocenters. The normalized spacial score (nSPS) is 21.3. The van der Waals surface area contributed by atoms with Gasteiger partial charge in [0.1, 0.15) is 0 Å². The summed E-state index contributed by atoms with van der Waals surface area (Å²) >= 11 is 0. The maximum absolute atomic E-state index is 11.8. The molecular formula is C17H25N3O. The van der Waals surface area contributed by atoms with Crippen LogP contribution in [0.3, 0.4) is 0 Å². The smallest absolute Gasteiger partial charge is 0.317 e. The number of carbonyl (C=O) groups excluding carboxylic acids is 1. The van der Waals surface area contributed by atoms with E-state index in [4.69, 9.17) is 0 Å². The van der Waals surface area contributed by atoms with E-state index in [1.54, 1.807) is 0 Å². The number of amides is 2. The molecule has 0 saturated carbocycles. The van der Waals surface area contributed by atoms with E-state index in [2.05, 4.69) is 40.5 Å². The first-order valence-corrected chi connectivity index (χ1v) is 8.10. The number of likely N-dealkylation sites (tertiary alicyclic amines) is 1. The molecule has 4 heteroatoms. The van der Waals surface area contributed by atoms with E-state index in [9.17, 15) is 4.79 Å². The van der Waals surface area contributed by atoms with Crippen LogP contribution in [0.25, 0.3) is 0 Å². The Morgan fingerprint density at radius 1 is 1.10 bits per heavy atom. The predicted octanol–water partition coefficient (Wildman–Crippen LogP) is 2.31. The summed E-state index contributed by atoms with van der Waals surface area (Å²) in [5.74, 6) is 0.667. The first kappa shape index (κ1) is 14.4. The molecule has 0 aromatic heterocycles. The van der Waals surface area contributed by atoms with Gasteiger partial charge in [-0.2, -0.15) is 0 Å². The molecule has 0 aliphatic carbocycles. The van der Waals surface area contributed by atoms with E-state index in [1.165, 1.54) is 18.4 Å². The lowest BCUT2D eigenvalue weighted by atomic mass is 9.95. The Bertz CT molecular complexity index is 454. The highest BCUT2D eigenvalue weighted by atomic mass is 16.2. The summed E-state index contributed by atoms with van der Waals surface area (Å²) in [7, 11) is 0. The van der Waals surface area contributed by atoms with Gasteiger partial charge >= 0.3 is 6.03 Å². The minimum Gasteiger partial charge on any atom is -0.338 e. The van der Waals surface area contributed by atoms with Crippen LogP contribution in [0, 0.1) is 5.92 Å². The minimum absolute atomic E-state index is 0.132. The molecule has 1 aromatic rings. The van der Waals surface area contributed by atoms with Gasteiger partial charge in [-0.15, -0.1) is 0 Å². The van der Waals surface area contributed by atoms with Crippen LogP contribution in [-0.4, -0.2) is 48.6 Å². The molecule has 0 radical (unpaired) electrons. The number of rotatable bonds is 4. The van der Waals surface area contributed by atoms with Crippen molar-refractivity contribution in [3.63, 3.8) is 0 Å². The molecule has 2 fully saturated rings. The molecule has 2 aliphatic heterocycles. The van der Waals surface area contributed by atoms with Crippen LogP contribution >= 0.6 is 0 Å². The van der Waals surface area contributed by atoms with Gasteiger partial charge in [-0.25, -0.2) is 4.79 Å². The van der Waals surface area contributed by atoms with Crippen LogP contribution in [0.2, 0.25) is 0 Å². The number of carbonyl (C=O) groups is 1. The molecule has 0 bridgehead atoms. The van der Waals surface area contributed by atoms with Crippen LogP contribution < -0.4 is 5.32 Å². The van der Waals surface area contributed by atoms with Gasteiger partial charge < -0.3 is 10.2 Å². The van der Waals surface area contributed by atoms with Crippen molar-refractivity contribution in [2.75, 3.05) is 32.7 Å². The Morgan fingerprint density at radius 2 is 1.86 bits per heavy atom. The summed E-state index contributed by atoms with van der Waals surface area (Å²) in [5, 5.41) is 2.94. The number of nitrogens with zero attached hydrogens (tertiary/aromatic N) is 2. The summed E-state index contributed by atoms with van der Waals surface area (Å²) in [6.07, 6.45) is 3.49. The molecule has 2 aliphatic rings. The summed E-state index contributed by atoms with van der Waals surface area (Å²) < 4.78 is 0. The third kappa shape index (κ3) is 3.97. The molecular weight excluding hydrogens is 262 g/mol. The Morgan fingerprint density at radius 3 is 2.57 bits per heavy atom. The van der Waals surface area contributed by atoms with Gasteiger partial charge in [0.15, 0.2) is 0 Å². The minimum atomic E-state index is 0.132. The Hall–Kier alpha value is -1.55. The number of hydrogen-bond donors (Lipinski definition) is 1. The molecule has 0 unspecified atom stereocenters. The lowest BCUT2D eigenvalue weighted by molar-refractivity contribution is 0.135. The van der Waals surface area contributed by atoms with Crippen molar-refractivity contribution in [3.8, 4) is 0 Å². The summed E-state index contributed by atoms with van der Waals surface area (Å²) in [6, 6.07) is 10.8. The van der Waals surface area contributed by atoms with Gasteiger partial charge in [0.05, 0.1) is 0 Å². The van der Waals surface area contributed by atoms with Gasteiger partial charge in [-0.3, -0.25) is 4.90 Å². The quantitative estimate of drug-likeness (QED) is 0.922. The van der Waals surface area contributed by atoms with Crippen molar-refractivity contribution in [1.82, 2.24) is 15.1 Å². The van der Waals surface area contributed by atoms with Crippen molar-refractivity contribution >= 4 is 6.03 Å². The highest BCUT2D eigenvalue weighted by Gasteiger charge is 2.24. The lowest BCUT2D eigenvalue weighted by Gasteiger charge is -2.36. The fourth-order valence-corrected chi connectivity index (χ4v) is 3.33. The van der Waals surface area contributed by atoms with Gasteiger partial charge in [0.25, 0.3) is 0 Å². The highest BCUT2D eigenvalue weighted by molar-refractivity contribution is 5.74. The van der Waals surface area contributed by atoms with E-state index >= 15 is 0 Å². The topological polar surface area (TPSA) is 35.6 Å². The molecule has 21 heavy (non-hydrogen) atoms. The third-order valence-corrected chi connectivity index (χ3v) is 4.60. The van der Waals surface area contributed by atoms with Gasteiger partial charge in [-0.1, -0.05) is 30.3 Å². The average Bonchev–Trinajstić information content (AvgIpc) is 2.52. The Kier molecular flexibility index (Phi) is 4.76. The van der Waals surface area contributed by atoms with Crippen LogP contribution in [0.15, 0.2) is 30.3 Å². The lowest BCUT2D eigenvalue weighted by Crippen LogP contribution is -2.49. The summed E-state index contributed by atoms with van der Waals surface area (Å²) in [4.78, 5) is 16.3. The van der Waals surface area contributed by atoms with Crippen LogP contribution in [0.1, 0.15) is 24.8 Å². The largest absolute Gasteiger partial charge is 0.338 e. The molecule has 2 saturated heterocycles. The standard InChI is InChI=1S/C17H25N3O/c21-17-18-9-4-10-20(17)14-16-7-11-19(12-8-16)13-15-5-2-1-3-6-15/h1-3,5-6,16H,4,7-14H2,(H,18,21). The van der Waals surface area contributed by atoms with E-state index in [1.807, 2.05) is 4.90 Å². The van der Waals surface area contributed by atoms with E-state index < -0.39 is 0 Å². The van der Waals surface area contributed by atoms with Crippen LogP contribution in [-0.2, 0) is 6.54 Å². The molecule has 114 valence electrons. The highest BCUT2D eigenvalue weighted by Crippen LogP contribution is 2.20. The van der Waals surface area contributed by atoms with Gasteiger partial charge in [0, 0.05) is 26.2 Å². The molecule has 1 aromatic carbocycles. The number of urea groups is 1. The number of hydrogen-bond acceptors (Lipinski definition) is 2. The monoisotopic (exact) mass is 287 g/mol. The van der Waals surface area contributed by atoms with Gasteiger partial charge in [0.2, 0.25) is 0 Å². The molecule has 2 heterocycles. The molecule has 2 amide bonds. The Balaban J connectivity index is 1.43. The third-order valence-electron chi connectivity index (χ3n) is 4.60. The van der Waals surface area contributed by atoms with Crippen LogP contribution in [0.4, 0.5) is 4.79 Å². The van der Waals surface area contributed by atoms with E-state index in [-0.39, 0.29) is 6.03 Å². The average molecular weight is 287 g/mol. The maximum Gasteiger partial charge on any atom is 0.317 e. The first-order chi connectivity index (χ1) is 10.3. The predicted molar refractivity (Wildman–Crippen MR) is 84.0 cm³/mol. The van der Waals surface area contributed by atoms with Crippen molar-refractivity contribution in [3.05, 3.63) is 35.9 Å². The fraction of sp³-hybridized carbons (Fsp3) is 0.588. The molecule has 1 N–H and O–H groups in total. The van der Waals surface area contributed by atoms with Gasteiger partial charge in [-0.05, 0) is 43.8 Å². The van der Waals surface area contributed by atoms with Crippen molar-refractivity contribution in [1.29, 1.82) is 0 Å². The van der Waals surface area contributed by atoms with Crippen molar-refractivity contribution in [2.24, 2.45) is 5.92 Å². The van der Waals surface area contributed by atoms with Crippen LogP contribution in [0.5, 0.6) is 0 Å². The second kappa shape index (κ2) is 6.94. The molecule has 3 rings (SSSR count). The molecule has 4 nitrogen and oxygen atoms in total. The Labute approximate surface area is 127 Å². The molecule has 0 spiro atoms. The zero-order chi connectivity index (χ0) is 14.5.